The molecule has 2 heteroatoms. The SMILES string of the molecule is Cc1cccc(-c2ccc(C3CCN(Cc4ccc(F)c5ccccc45)CC3)cc2)c1C. The van der Waals surface area contributed by atoms with Crippen molar-refractivity contribution in [2.24, 2.45) is 0 Å². The molecule has 0 amide bonds. The quantitative estimate of drug-likeness (QED) is 0.326. The lowest BCUT2D eigenvalue weighted by Gasteiger charge is -2.32. The van der Waals surface area contributed by atoms with E-state index in [4.69, 9.17) is 0 Å². The van der Waals surface area contributed by atoms with E-state index in [1.165, 1.54) is 46.2 Å². The van der Waals surface area contributed by atoms with Gasteiger partial charge in [0.25, 0.3) is 0 Å². The number of likely N-dealkylation sites (tertiary alicyclic amines) is 1. The number of hydrogen-bond acceptors (Lipinski definition) is 1. The van der Waals surface area contributed by atoms with Crippen molar-refractivity contribution in [1.29, 1.82) is 0 Å². The van der Waals surface area contributed by atoms with Crippen LogP contribution >= 0.6 is 0 Å². The van der Waals surface area contributed by atoms with Crippen LogP contribution in [0.4, 0.5) is 4.39 Å². The second-order valence-electron chi connectivity index (χ2n) is 9.17. The predicted octanol–water partition coefficient (Wildman–Crippen LogP) is 7.64. The summed E-state index contributed by atoms with van der Waals surface area (Å²) >= 11 is 0. The standard InChI is InChI=1S/C30H30FN/c1-21-6-5-9-27(22(21)2)25-12-10-23(11-13-25)24-16-18-32(19-17-24)20-26-14-15-30(31)29-8-4-3-7-28(26)29/h3-15,24H,16-20H2,1-2H3. The third-order valence-electron chi connectivity index (χ3n) is 7.24. The highest BCUT2D eigenvalue weighted by Gasteiger charge is 2.21. The summed E-state index contributed by atoms with van der Waals surface area (Å²) in [5, 5.41) is 1.76. The Morgan fingerprint density at radius 1 is 0.781 bits per heavy atom. The molecule has 0 saturated carbocycles. The average Bonchev–Trinajstić information content (AvgIpc) is 2.83. The van der Waals surface area contributed by atoms with Crippen molar-refractivity contribution < 1.29 is 4.39 Å². The van der Waals surface area contributed by atoms with E-state index in [0.29, 0.717) is 5.92 Å². The number of fused-ring (bicyclic) bond motifs is 1. The van der Waals surface area contributed by atoms with Gasteiger partial charge in [-0.2, -0.15) is 0 Å². The van der Waals surface area contributed by atoms with Crippen molar-refractivity contribution >= 4 is 10.8 Å². The molecule has 0 spiro atoms. The van der Waals surface area contributed by atoms with Crippen LogP contribution in [0, 0.1) is 19.7 Å². The van der Waals surface area contributed by atoms with Gasteiger partial charge >= 0.3 is 0 Å². The zero-order chi connectivity index (χ0) is 22.1. The highest BCUT2D eigenvalue weighted by Crippen LogP contribution is 2.32. The molecule has 1 aliphatic heterocycles. The van der Waals surface area contributed by atoms with Crippen LogP contribution in [0.25, 0.3) is 21.9 Å². The summed E-state index contributed by atoms with van der Waals surface area (Å²) in [6, 6.07) is 27.2. The van der Waals surface area contributed by atoms with E-state index in [0.717, 1.165) is 30.4 Å². The average molecular weight is 424 g/mol. The minimum absolute atomic E-state index is 0.132. The van der Waals surface area contributed by atoms with Crippen molar-refractivity contribution in [1.82, 2.24) is 4.90 Å². The highest BCUT2D eigenvalue weighted by atomic mass is 19.1. The lowest BCUT2D eigenvalue weighted by molar-refractivity contribution is 0.205. The summed E-state index contributed by atoms with van der Waals surface area (Å²) < 4.78 is 14.1. The third-order valence-corrected chi connectivity index (χ3v) is 7.24. The van der Waals surface area contributed by atoms with Gasteiger partial charge in [0.05, 0.1) is 0 Å². The second-order valence-corrected chi connectivity index (χ2v) is 9.17. The van der Waals surface area contributed by atoms with E-state index in [9.17, 15) is 4.39 Å². The summed E-state index contributed by atoms with van der Waals surface area (Å²) in [6.07, 6.45) is 2.34. The van der Waals surface area contributed by atoms with Crippen LogP contribution in [0.2, 0.25) is 0 Å². The van der Waals surface area contributed by atoms with Crippen molar-refractivity contribution in [3.63, 3.8) is 0 Å². The number of rotatable bonds is 4. The number of piperidine rings is 1. The van der Waals surface area contributed by atoms with E-state index in [2.05, 4.69) is 61.2 Å². The Bertz CT molecular complexity index is 1230. The molecule has 0 aromatic heterocycles. The second kappa shape index (κ2) is 8.88. The first-order chi connectivity index (χ1) is 15.6. The first kappa shape index (κ1) is 20.9. The van der Waals surface area contributed by atoms with Crippen molar-refractivity contribution in [2.45, 2.75) is 39.2 Å². The molecule has 5 rings (SSSR count). The third kappa shape index (κ3) is 4.08. The Balaban J connectivity index is 1.25. The number of benzene rings is 4. The number of nitrogens with zero attached hydrogens (tertiary/aromatic N) is 1. The van der Waals surface area contributed by atoms with Crippen LogP contribution in [0.15, 0.2) is 78.9 Å². The largest absolute Gasteiger partial charge is 0.299 e. The van der Waals surface area contributed by atoms with Crippen molar-refractivity contribution in [3.8, 4) is 11.1 Å². The first-order valence-corrected chi connectivity index (χ1v) is 11.6. The molecule has 0 atom stereocenters. The number of hydrogen-bond donors (Lipinski definition) is 0. The maximum atomic E-state index is 14.1. The predicted molar refractivity (Wildman–Crippen MR) is 133 cm³/mol. The summed E-state index contributed by atoms with van der Waals surface area (Å²) in [7, 11) is 0. The minimum atomic E-state index is -0.132. The van der Waals surface area contributed by atoms with Crippen molar-refractivity contribution in [2.75, 3.05) is 13.1 Å². The van der Waals surface area contributed by atoms with Crippen LogP contribution in [0.3, 0.4) is 0 Å². The first-order valence-electron chi connectivity index (χ1n) is 11.6. The van der Waals surface area contributed by atoms with Gasteiger partial charge in [-0.25, -0.2) is 4.39 Å². The van der Waals surface area contributed by atoms with E-state index in [1.807, 2.05) is 30.3 Å². The van der Waals surface area contributed by atoms with Crippen LogP contribution < -0.4 is 0 Å². The smallest absolute Gasteiger partial charge is 0.131 e. The van der Waals surface area contributed by atoms with E-state index in [-0.39, 0.29) is 5.82 Å². The van der Waals surface area contributed by atoms with Crippen LogP contribution in [-0.2, 0) is 6.54 Å². The monoisotopic (exact) mass is 423 g/mol. The molecule has 0 N–H and O–H groups in total. The van der Waals surface area contributed by atoms with Gasteiger partial charge in [0, 0.05) is 11.9 Å². The molecule has 32 heavy (non-hydrogen) atoms. The van der Waals surface area contributed by atoms with Gasteiger partial charge in [-0.1, -0.05) is 72.8 Å². The lowest BCUT2D eigenvalue weighted by atomic mass is 9.87. The molecule has 0 unspecified atom stereocenters. The highest BCUT2D eigenvalue weighted by molar-refractivity contribution is 5.86. The fourth-order valence-electron chi connectivity index (χ4n) is 5.13. The molecule has 1 fully saturated rings. The molecular weight excluding hydrogens is 393 g/mol. The molecule has 1 nitrogen and oxygen atoms in total. The zero-order valence-corrected chi connectivity index (χ0v) is 18.9. The number of halogens is 1. The molecule has 0 radical (unpaired) electrons. The Labute approximate surface area is 190 Å². The summed E-state index contributed by atoms with van der Waals surface area (Å²) in [5.74, 6) is 0.483. The molecule has 1 aliphatic rings. The molecule has 162 valence electrons. The lowest BCUT2D eigenvalue weighted by Crippen LogP contribution is -2.32. The Morgan fingerprint density at radius 3 is 2.25 bits per heavy atom. The molecule has 4 aromatic carbocycles. The van der Waals surface area contributed by atoms with Gasteiger partial charge in [-0.15, -0.1) is 0 Å². The Morgan fingerprint density at radius 2 is 1.50 bits per heavy atom. The molecule has 0 aliphatic carbocycles. The summed E-state index contributed by atoms with van der Waals surface area (Å²) in [4.78, 5) is 2.51. The van der Waals surface area contributed by atoms with Crippen LogP contribution in [0.5, 0.6) is 0 Å². The maximum absolute atomic E-state index is 14.1. The van der Waals surface area contributed by atoms with Gasteiger partial charge in [-0.05, 0) is 90.5 Å². The van der Waals surface area contributed by atoms with Crippen molar-refractivity contribution in [3.05, 3.63) is 107 Å². The fourth-order valence-corrected chi connectivity index (χ4v) is 5.13. The maximum Gasteiger partial charge on any atom is 0.131 e. The Kier molecular flexibility index (Phi) is 5.80. The normalized spacial score (nSPS) is 15.3. The minimum Gasteiger partial charge on any atom is -0.299 e. The summed E-state index contributed by atoms with van der Waals surface area (Å²) in [6.45, 7) is 7.43. The fraction of sp³-hybridized carbons (Fsp3) is 0.267. The van der Waals surface area contributed by atoms with E-state index >= 15 is 0 Å². The topological polar surface area (TPSA) is 3.24 Å². The van der Waals surface area contributed by atoms with Crippen LogP contribution in [0.1, 0.15) is 41.0 Å². The van der Waals surface area contributed by atoms with E-state index in [1.54, 1.807) is 6.07 Å². The van der Waals surface area contributed by atoms with E-state index < -0.39 is 0 Å². The molecule has 1 heterocycles. The molecule has 0 bridgehead atoms. The summed E-state index contributed by atoms with van der Waals surface area (Å²) in [5.41, 5.74) is 8.01. The molecular formula is C30H30FN. The number of aryl methyl sites for hydroxylation is 1. The Hall–Kier alpha value is -2.97. The van der Waals surface area contributed by atoms with Crippen LogP contribution in [-0.4, -0.2) is 18.0 Å². The van der Waals surface area contributed by atoms with Gasteiger partial charge in [0.1, 0.15) is 5.82 Å². The molecule has 4 aromatic rings. The van der Waals surface area contributed by atoms with Gasteiger partial charge in [-0.3, -0.25) is 4.90 Å². The van der Waals surface area contributed by atoms with Gasteiger partial charge in [0.15, 0.2) is 0 Å². The zero-order valence-electron chi connectivity index (χ0n) is 18.9. The molecule has 1 saturated heterocycles. The van der Waals surface area contributed by atoms with Gasteiger partial charge < -0.3 is 0 Å². The van der Waals surface area contributed by atoms with Gasteiger partial charge in [0.2, 0.25) is 0 Å².